The molecular formula is C38H53NO4. The number of rotatable bonds is 3. The summed E-state index contributed by atoms with van der Waals surface area (Å²) in [4.78, 5) is 41.1. The van der Waals surface area contributed by atoms with Crippen molar-refractivity contribution in [1.82, 2.24) is 0 Å². The van der Waals surface area contributed by atoms with Gasteiger partial charge in [-0.1, -0.05) is 72.2 Å². The average molecular weight is 588 g/mol. The molecule has 4 fully saturated rings. The van der Waals surface area contributed by atoms with E-state index in [0.29, 0.717) is 17.8 Å². The summed E-state index contributed by atoms with van der Waals surface area (Å²) in [5.41, 5.74) is 0.908. The Morgan fingerprint density at radius 1 is 0.884 bits per heavy atom. The third kappa shape index (κ3) is 4.18. The molecule has 5 nitrogen and oxygen atoms in total. The van der Waals surface area contributed by atoms with Crippen LogP contribution in [0.25, 0.3) is 0 Å². The van der Waals surface area contributed by atoms with Gasteiger partial charge in [0.1, 0.15) is 6.10 Å². The van der Waals surface area contributed by atoms with Crippen molar-refractivity contribution in [2.24, 2.45) is 56.7 Å². The van der Waals surface area contributed by atoms with Crippen LogP contribution in [0.4, 0.5) is 5.69 Å². The second-order valence-electron chi connectivity index (χ2n) is 16.6. The summed E-state index contributed by atoms with van der Waals surface area (Å²) in [5.74, 6) is 1.28. The zero-order chi connectivity index (χ0) is 31.2. The molecular weight excluding hydrogens is 534 g/mol. The normalized spacial score (nSPS) is 44.9. The summed E-state index contributed by atoms with van der Waals surface area (Å²) in [6.45, 7) is 17.9. The Kier molecular flexibility index (Phi) is 7.14. The molecule has 1 amide bonds. The molecule has 5 heteroatoms. The van der Waals surface area contributed by atoms with Crippen LogP contribution >= 0.6 is 0 Å². The molecule has 5 aliphatic carbocycles. The van der Waals surface area contributed by atoms with Crippen LogP contribution in [0.5, 0.6) is 0 Å². The fourth-order valence-electron chi connectivity index (χ4n) is 11.9. The largest absolute Gasteiger partial charge is 0.462 e. The Bertz CT molecular complexity index is 1350. The Hall–Kier alpha value is -2.43. The molecule has 0 saturated heterocycles. The van der Waals surface area contributed by atoms with E-state index in [9.17, 15) is 14.4 Å². The minimum absolute atomic E-state index is 0.0575. The fourth-order valence-corrected chi connectivity index (χ4v) is 11.9. The number of fused-ring (bicyclic) bond motifs is 7. The molecule has 1 aromatic rings. The van der Waals surface area contributed by atoms with Gasteiger partial charge in [-0.05, 0) is 109 Å². The van der Waals surface area contributed by atoms with E-state index < -0.39 is 5.41 Å². The average Bonchev–Trinajstić information content (AvgIpc) is 2.93. The zero-order valence-electron chi connectivity index (χ0n) is 27.7. The quantitative estimate of drug-likeness (QED) is 0.361. The third-order valence-electron chi connectivity index (χ3n) is 14.5. The Morgan fingerprint density at radius 3 is 2.26 bits per heavy atom. The SMILES string of the molecule is CC(=O)O[C@H]1CC[C@@]2(C)C(CC[C@]3(C)C2C(=O)C=C2C4[C@@H](C)[C@H](C)CC[C@]4(C(=O)Nc4ccccc4)CC[C@]23C)C1(C)C. The highest BCUT2D eigenvalue weighted by Crippen LogP contribution is 2.75. The smallest absolute Gasteiger partial charge is 0.302 e. The molecule has 1 aromatic carbocycles. The number of ether oxygens (including phenoxy) is 1. The molecule has 0 aliphatic heterocycles. The first-order valence-electron chi connectivity index (χ1n) is 16.9. The number of hydrogen-bond acceptors (Lipinski definition) is 4. The number of amides is 1. The molecule has 1 N–H and O–H groups in total. The Balaban J connectivity index is 1.42. The summed E-state index contributed by atoms with van der Waals surface area (Å²) in [5, 5.41) is 3.30. The number of para-hydroxylation sites is 1. The van der Waals surface area contributed by atoms with Gasteiger partial charge in [0.25, 0.3) is 0 Å². The van der Waals surface area contributed by atoms with Crippen LogP contribution in [0.1, 0.15) is 107 Å². The molecule has 6 rings (SSSR count). The van der Waals surface area contributed by atoms with Crippen LogP contribution in [0.15, 0.2) is 42.0 Å². The predicted molar refractivity (Wildman–Crippen MR) is 170 cm³/mol. The van der Waals surface area contributed by atoms with Gasteiger partial charge in [0.05, 0.1) is 5.41 Å². The molecule has 0 bridgehead atoms. The second-order valence-corrected chi connectivity index (χ2v) is 16.6. The predicted octanol–water partition coefficient (Wildman–Crippen LogP) is 8.39. The van der Waals surface area contributed by atoms with Crippen LogP contribution in [-0.4, -0.2) is 23.8 Å². The first kappa shape index (κ1) is 30.6. The van der Waals surface area contributed by atoms with E-state index in [1.54, 1.807) is 0 Å². The van der Waals surface area contributed by atoms with E-state index in [2.05, 4.69) is 59.9 Å². The van der Waals surface area contributed by atoms with E-state index in [4.69, 9.17) is 4.74 Å². The summed E-state index contributed by atoms with van der Waals surface area (Å²) in [7, 11) is 0. The van der Waals surface area contributed by atoms with Gasteiger partial charge in [0, 0.05) is 23.9 Å². The van der Waals surface area contributed by atoms with Gasteiger partial charge < -0.3 is 10.1 Å². The van der Waals surface area contributed by atoms with Crippen LogP contribution in [0.2, 0.25) is 0 Å². The number of carbonyl (C=O) groups is 3. The number of carbonyl (C=O) groups excluding carboxylic acids is 3. The molecule has 0 aromatic heterocycles. The highest BCUT2D eigenvalue weighted by atomic mass is 16.5. The maximum atomic E-state index is 14.7. The van der Waals surface area contributed by atoms with E-state index in [-0.39, 0.29) is 57.3 Å². The number of allylic oxidation sites excluding steroid dienone is 2. The lowest BCUT2D eigenvalue weighted by Gasteiger charge is -2.70. The van der Waals surface area contributed by atoms with Crippen LogP contribution in [0, 0.1) is 56.7 Å². The summed E-state index contributed by atoms with van der Waals surface area (Å²) in [6.07, 6.45) is 9.35. The number of hydrogen-bond donors (Lipinski definition) is 1. The maximum absolute atomic E-state index is 14.7. The van der Waals surface area contributed by atoms with Gasteiger partial charge in [-0.15, -0.1) is 0 Å². The monoisotopic (exact) mass is 587 g/mol. The molecule has 4 saturated carbocycles. The summed E-state index contributed by atoms with van der Waals surface area (Å²) < 4.78 is 5.88. The molecule has 0 spiro atoms. The van der Waals surface area contributed by atoms with Crippen molar-refractivity contribution in [3.63, 3.8) is 0 Å². The minimum atomic E-state index is -0.498. The van der Waals surface area contributed by atoms with Crippen molar-refractivity contribution in [1.29, 1.82) is 0 Å². The van der Waals surface area contributed by atoms with Gasteiger partial charge >= 0.3 is 5.97 Å². The number of benzene rings is 1. The van der Waals surface area contributed by atoms with E-state index in [0.717, 1.165) is 57.1 Å². The number of esters is 1. The standard InChI is InChI=1S/C38H53NO4/c1-23-14-19-38(33(42)39-26-12-10-9-11-13-26)21-20-36(7)27(31(38)24(23)2)22-28(41)32-35(6)17-16-30(43-25(3)40)34(4,5)29(35)15-18-37(32,36)8/h9-13,22-24,29-32H,14-21H2,1-8H3,(H,39,42)/t23-,24+,29?,30+,31?,32?,35+,36-,37-,38+/m1/s1. The summed E-state index contributed by atoms with van der Waals surface area (Å²) in [6, 6.07) is 9.85. The lowest BCUT2D eigenvalue weighted by Crippen LogP contribution is -2.67. The van der Waals surface area contributed by atoms with Gasteiger partial charge in [0.15, 0.2) is 5.78 Å². The van der Waals surface area contributed by atoms with Crippen molar-refractivity contribution < 1.29 is 19.1 Å². The third-order valence-corrected chi connectivity index (χ3v) is 14.5. The van der Waals surface area contributed by atoms with Crippen molar-refractivity contribution >= 4 is 23.3 Å². The number of nitrogens with one attached hydrogen (secondary N) is 1. The van der Waals surface area contributed by atoms with Crippen LogP contribution in [-0.2, 0) is 19.1 Å². The van der Waals surface area contributed by atoms with Crippen molar-refractivity contribution in [2.45, 2.75) is 113 Å². The van der Waals surface area contributed by atoms with Gasteiger partial charge in [-0.3, -0.25) is 14.4 Å². The van der Waals surface area contributed by atoms with Crippen molar-refractivity contribution in [2.75, 3.05) is 5.32 Å². The minimum Gasteiger partial charge on any atom is -0.462 e. The van der Waals surface area contributed by atoms with E-state index >= 15 is 0 Å². The van der Waals surface area contributed by atoms with Crippen molar-refractivity contribution in [3.05, 3.63) is 42.0 Å². The first-order valence-corrected chi connectivity index (χ1v) is 16.9. The second kappa shape index (κ2) is 10.0. The van der Waals surface area contributed by atoms with Gasteiger partial charge in [-0.2, -0.15) is 0 Å². The highest BCUT2D eigenvalue weighted by Gasteiger charge is 2.71. The molecule has 0 heterocycles. The van der Waals surface area contributed by atoms with Gasteiger partial charge in [0.2, 0.25) is 5.91 Å². The lowest BCUT2D eigenvalue weighted by molar-refractivity contribution is -0.211. The molecule has 0 radical (unpaired) electrons. The molecule has 234 valence electrons. The highest BCUT2D eigenvalue weighted by molar-refractivity contribution is 5.98. The zero-order valence-corrected chi connectivity index (χ0v) is 27.7. The number of anilines is 1. The molecule has 3 unspecified atom stereocenters. The van der Waals surface area contributed by atoms with E-state index in [1.807, 2.05) is 30.3 Å². The fraction of sp³-hybridized carbons (Fsp3) is 0.711. The number of ketones is 1. The Morgan fingerprint density at radius 2 is 1.58 bits per heavy atom. The van der Waals surface area contributed by atoms with Gasteiger partial charge in [-0.25, -0.2) is 0 Å². The summed E-state index contributed by atoms with van der Waals surface area (Å²) >= 11 is 0. The lowest BCUT2D eigenvalue weighted by atomic mass is 9.33. The Labute approximate surface area is 259 Å². The molecule has 5 aliphatic rings. The van der Waals surface area contributed by atoms with Crippen molar-refractivity contribution in [3.8, 4) is 0 Å². The first-order chi connectivity index (χ1) is 20.1. The van der Waals surface area contributed by atoms with E-state index in [1.165, 1.54) is 12.5 Å². The maximum Gasteiger partial charge on any atom is 0.302 e. The topological polar surface area (TPSA) is 72.5 Å². The molecule has 10 atom stereocenters. The van der Waals surface area contributed by atoms with Crippen LogP contribution in [0.3, 0.4) is 0 Å². The molecule has 43 heavy (non-hydrogen) atoms. The van der Waals surface area contributed by atoms with Crippen LogP contribution < -0.4 is 5.32 Å².